The molecule has 0 radical (unpaired) electrons. The van der Waals surface area contributed by atoms with Crippen molar-refractivity contribution in [3.63, 3.8) is 0 Å². The molecule has 0 aromatic heterocycles. The van der Waals surface area contributed by atoms with Gasteiger partial charge in [0, 0.05) is 25.1 Å². The van der Waals surface area contributed by atoms with E-state index in [2.05, 4.69) is 15.4 Å². The highest BCUT2D eigenvalue weighted by Crippen LogP contribution is 2.55. The molecule has 2 heterocycles. The minimum atomic E-state index is -3.73. The average molecular weight is 613 g/mol. The van der Waals surface area contributed by atoms with Gasteiger partial charge in [-0.15, -0.1) is 0 Å². The first-order valence-electron chi connectivity index (χ1n) is 14.1. The summed E-state index contributed by atoms with van der Waals surface area (Å²) in [5, 5.41) is 5.42. The van der Waals surface area contributed by atoms with E-state index in [1.54, 1.807) is 13.8 Å². The van der Waals surface area contributed by atoms with Crippen molar-refractivity contribution in [2.45, 2.75) is 70.5 Å². The van der Waals surface area contributed by atoms with E-state index in [-0.39, 0.29) is 30.0 Å². The van der Waals surface area contributed by atoms with Gasteiger partial charge >= 0.3 is 0 Å². The van der Waals surface area contributed by atoms with E-state index in [1.165, 1.54) is 4.90 Å². The normalized spacial score (nSPS) is 22.9. The Kier molecular flexibility index (Phi) is 9.55. The van der Waals surface area contributed by atoms with Crippen LogP contribution in [0, 0.1) is 28.9 Å². The van der Waals surface area contributed by atoms with Gasteiger partial charge in [0.1, 0.15) is 24.5 Å². The average Bonchev–Trinajstić information content (AvgIpc) is 3.54. The van der Waals surface area contributed by atoms with Gasteiger partial charge in [0.25, 0.3) is 0 Å². The predicted molar refractivity (Wildman–Crippen MR) is 148 cm³/mol. The number of Topliss-reactive ketones (excluding diaryl/α,β-unsaturated/α-hetero) is 1. The van der Waals surface area contributed by atoms with Gasteiger partial charge in [0.05, 0.1) is 12.3 Å². The molecule has 4 atom stereocenters. The number of ketones is 1. The van der Waals surface area contributed by atoms with Gasteiger partial charge in [-0.25, -0.2) is 21.9 Å². The first-order chi connectivity index (χ1) is 19.7. The molecular formula is C28H38F2N4O7S. The molecule has 2 aliphatic heterocycles. The number of carbonyl (C=O) groups excluding carboxylic acids is 4. The third kappa shape index (κ3) is 7.82. The van der Waals surface area contributed by atoms with E-state index in [1.807, 2.05) is 0 Å². The number of likely N-dealkylation sites (tertiary alicyclic amines) is 1. The summed E-state index contributed by atoms with van der Waals surface area (Å²) in [5.41, 5.74) is -0.0928. The van der Waals surface area contributed by atoms with Crippen LogP contribution in [0.3, 0.4) is 0 Å². The summed E-state index contributed by atoms with van der Waals surface area (Å²) in [5.74, 6) is -5.10. The third-order valence-electron chi connectivity index (χ3n) is 8.35. The number of rotatable bonds is 12. The first kappa shape index (κ1) is 31.8. The molecule has 42 heavy (non-hydrogen) atoms. The fourth-order valence-corrected chi connectivity index (χ4v) is 6.51. The second-order valence-corrected chi connectivity index (χ2v) is 13.8. The van der Waals surface area contributed by atoms with Crippen LogP contribution in [0.2, 0.25) is 0 Å². The standard InChI is InChI=1S/C28H38F2N4O7S/c1-16(2)24(33-42(3,39)40)27(38)34-11-9-28(7-8-28)14-21(34)26(37)32-20(12-17-6-10-31-25(17)36)22(35)15-41-23-5-4-18(29)13-19(23)30/h4-5,13,16-17,20-21,24,33H,6-12,14-15H2,1-3H3,(H,31,36)(H,32,37)/t17-,20-,21-,24-/m0/s1. The Balaban J connectivity index is 1.54. The van der Waals surface area contributed by atoms with Gasteiger partial charge in [-0.3, -0.25) is 19.2 Å². The van der Waals surface area contributed by atoms with Crippen molar-refractivity contribution in [1.82, 2.24) is 20.3 Å². The smallest absolute Gasteiger partial charge is 0.243 e. The summed E-state index contributed by atoms with van der Waals surface area (Å²) in [6, 6.07) is -0.573. The number of hydrogen-bond acceptors (Lipinski definition) is 7. The number of nitrogens with one attached hydrogen (secondary N) is 3. The SMILES string of the molecule is CC(C)[C@H](NS(C)(=O)=O)C(=O)N1CCC2(CC2)C[C@H]1C(=O)N[C@@H](C[C@@H]1CCNC1=O)C(=O)COc1ccc(F)cc1F. The topological polar surface area (TPSA) is 151 Å². The Morgan fingerprint density at radius 2 is 1.90 bits per heavy atom. The van der Waals surface area contributed by atoms with Crippen LogP contribution in [0.15, 0.2) is 18.2 Å². The van der Waals surface area contributed by atoms with Gasteiger partial charge in [-0.1, -0.05) is 13.8 Å². The maximum Gasteiger partial charge on any atom is 0.243 e. The Morgan fingerprint density at radius 3 is 2.48 bits per heavy atom. The molecular weight excluding hydrogens is 574 g/mol. The molecule has 1 aromatic rings. The van der Waals surface area contributed by atoms with E-state index in [9.17, 15) is 36.4 Å². The molecule has 3 amide bonds. The number of benzene rings is 1. The lowest BCUT2D eigenvalue weighted by Crippen LogP contribution is -2.61. The van der Waals surface area contributed by atoms with Crippen molar-refractivity contribution >= 4 is 33.5 Å². The number of sulfonamides is 1. The van der Waals surface area contributed by atoms with E-state index < -0.39 is 75.8 Å². The summed E-state index contributed by atoms with van der Waals surface area (Å²) in [6.07, 6.45) is 4.22. The lowest BCUT2D eigenvalue weighted by atomic mass is 9.86. The number of piperidine rings is 1. The second-order valence-electron chi connectivity index (χ2n) is 12.0. The van der Waals surface area contributed by atoms with Crippen LogP contribution < -0.4 is 20.1 Å². The second kappa shape index (κ2) is 12.6. The maximum absolute atomic E-state index is 14.1. The summed E-state index contributed by atoms with van der Waals surface area (Å²) in [6.45, 7) is 3.43. The van der Waals surface area contributed by atoms with Crippen LogP contribution in [0.25, 0.3) is 0 Å². The van der Waals surface area contributed by atoms with Crippen LogP contribution in [-0.2, 0) is 29.2 Å². The lowest BCUT2D eigenvalue weighted by Gasteiger charge is -2.41. The van der Waals surface area contributed by atoms with Crippen molar-refractivity contribution in [3.8, 4) is 5.75 Å². The van der Waals surface area contributed by atoms with Gasteiger partial charge in [0.2, 0.25) is 27.7 Å². The zero-order valence-electron chi connectivity index (χ0n) is 24.0. The van der Waals surface area contributed by atoms with Crippen LogP contribution in [0.4, 0.5) is 8.78 Å². The molecule has 0 unspecified atom stereocenters. The van der Waals surface area contributed by atoms with Crippen molar-refractivity contribution in [2.24, 2.45) is 17.3 Å². The van der Waals surface area contributed by atoms with E-state index in [0.29, 0.717) is 31.9 Å². The predicted octanol–water partition coefficient (Wildman–Crippen LogP) is 1.27. The molecule has 232 valence electrons. The zero-order valence-corrected chi connectivity index (χ0v) is 24.8. The van der Waals surface area contributed by atoms with Crippen molar-refractivity contribution in [1.29, 1.82) is 0 Å². The largest absolute Gasteiger partial charge is 0.483 e. The summed E-state index contributed by atoms with van der Waals surface area (Å²) >= 11 is 0. The highest BCUT2D eigenvalue weighted by atomic mass is 32.2. The lowest BCUT2D eigenvalue weighted by molar-refractivity contribution is -0.146. The summed E-state index contributed by atoms with van der Waals surface area (Å²) in [4.78, 5) is 54.4. The van der Waals surface area contributed by atoms with Crippen molar-refractivity contribution in [2.75, 3.05) is 26.0 Å². The van der Waals surface area contributed by atoms with E-state index in [0.717, 1.165) is 31.2 Å². The fourth-order valence-electron chi connectivity index (χ4n) is 5.68. The zero-order chi connectivity index (χ0) is 30.8. The van der Waals surface area contributed by atoms with Gasteiger partial charge in [-0.2, -0.15) is 0 Å². The van der Waals surface area contributed by atoms with Gasteiger partial charge in [0.15, 0.2) is 17.3 Å². The van der Waals surface area contributed by atoms with E-state index in [4.69, 9.17) is 4.74 Å². The van der Waals surface area contributed by atoms with Crippen molar-refractivity contribution < 1.29 is 41.1 Å². The minimum absolute atomic E-state index is 0.0261. The monoisotopic (exact) mass is 612 g/mol. The number of amides is 3. The van der Waals surface area contributed by atoms with Crippen LogP contribution in [0.5, 0.6) is 5.75 Å². The van der Waals surface area contributed by atoms with Crippen LogP contribution in [-0.4, -0.2) is 80.9 Å². The van der Waals surface area contributed by atoms with Gasteiger partial charge < -0.3 is 20.3 Å². The number of halogens is 2. The summed E-state index contributed by atoms with van der Waals surface area (Å²) in [7, 11) is -3.73. The first-order valence-corrected chi connectivity index (χ1v) is 16.0. The maximum atomic E-state index is 14.1. The highest BCUT2D eigenvalue weighted by molar-refractivity contribution is 7.88. The molecule has 1 spiro atoms. The molecule has 11 nitrogen and oxygen atoms in total. The minimum Gasteiger partial charge on any atom is -0.483 e. The molecule has 3 fully saturated rings. The van der Waals surface area contributed by atoms with Gasteiger partial charge in [-0.05, 0) is 62.0 Å². The Bertz CT molecular complexity index is 1340. The Labute approximate surface area is 244 Å². The molecule has 3 N–H and O–H groups in total. The number of nitrogens with zero attached hydrogens (tertiary/aromatic N) is 1. The molecule has 4 rings (SSSR count). The molecule has 1 saturated carbocycles. The fraction of sp³-hybridized carbons (Fsp3) is 0.643. The molecule has 3 aliphatic rings. The molecule has 1 aliphatic carbocycles. The summed E-state index contributed by atoms with van der Waals surface area (Å²) < 4.78 is 59.0. The molecule has 1 aromatic carbocycles. The molecule has 2 saturated heterocycles. The Morgan fingerprint density at radius 1 is 1.19 bits per heavy atom. The van der Waals surface area contributed by atoms with Crippen LogP contribution >= 0.6 is 0 Å². The highest BCUT2D eigenvalue weighted by Gasteiger charge is 2.52. The molecule has 0 bridgehead atoms. The van der Waals surface area contributed by atoms with Crippen LogP contribution in [0.1, 0.15) is 52.4 Å². The molecule has 14 heteroatoms. The van der Waals surface area contributed by atoms with Crippen molar-refractivity contribution in [3.05, 3.63) is 29.8 Å². The number of hydrogen-bond donors (Lipinski definition) is 3. The van der Waals surface area contributed by atoms with E-state index >= 15 is 0 Å². The third-order valence-corrected chi connectivity index (χ3v) is 9.04. The quantitative estimate of drug-likeness (QED) is 0.322. The number of ether oxygens (including phenoxy) is 1. The Hall–Kier alpha value is -3.13. The number of carbonyl (C=O) groups is 4.